The lowest BCUT2D eigenvalue weighted by Crippen LogP contribution is -2.38. The van der Waals surface area contributed by atoms with Crippen molar-refractivity contribution in [3.8, 4) is 5.69 Å². The maximum atomic E-state index is 13.0. The molecule has 0 unspecified atom stereocenters. The number of hydrogen-bond acceptors (Lipinski definition) is 3. The van der Waals surface area contributed by atoms with Gasteiger partial charge in [-0.05, 0) is 72.5 Å². The van der Waals surface area contributed by atoms with Gasteiger partial charge in [0.2, 0.25) is 5.91 Å². The molecule has 0 aliphatic carbocycles. The summed E-state index contributed by atoms with van der Waals surface area (Å²) in [6.07, 6.45) is 2.43. The number of imide groups is 1. The summed E-state index contributed by atoms with van der Waals surface area (Å²) in [7, 11) is 0. The summed E-state index contributed by atoms with van der Waals surface area (Å²) < 4.78 is 2.12. The van der Waals surface area contributed by atoms with Crippen molar-refractivity contribution in [2.45, 2.75) is 27.2 Å². The second-order valence-electron chi connectivity index (χ2n) is 9.13. The maximum absolute atomic E-state index is 13.0. The lowest BCUT2D eigenvalue weighted by molar-refractivity contribution is -0.127. The first-order valence-electron chi connectivity index (χ1n) is 12.3. The zero-order valence-electron chi connectivity index (χ0n) is 21.0. The van der Waals surface area contributed by atoms with Crippen LogP contribution in [0.4, 0.5) is 10.5 Å². The number of fused-ring (bicyclic) bond motifs is 1. The standard InChI is InChI=1S/C30H28N4O3/c1-4-21-9-7-8-12-26(21)31-28(35)18-33-29(36)27(32-30(33)37)17-24-15-19(2)34(20(24)3)25-14-13-22-10-5-6-11-23(22)16-25/h5-17H,4,18H2,1-3H3,(H,31,35)(H,32,37)/b27-17+. The molecule has 0 bridgehead atoms. The van der Waals surface area contributed by atoms with E-state index >= 15 is 0 Å². The number of carbonyl (C=O) groups excluding carboxylic acids is 3. The third kappa shape index (κ3) is 4.63. The highest BCUT2D eigenvalue weighted by Crippen LogP contribution is 2.26. The van der Waals surface area contributed by atoms with Crippen LogP contribution in [0.2, 0.25) is 0 Å². The monoisotopic (exact) mass is 492 g/mol. The SMILES string of the molecule is CCc1ccccc1NC(=O)CN1C(=O)N/C(=C/c2cc(C)n(-c3ccc4ccccc4c3)c2C)C1=O. The molecule has 7 nitrogen and oxygen atoms in total. The maximum Gasteiger partial charge on any atom is 0.329 e. The Balaban J connectivity index is 1.37. The van der Waals surface area contributed by atoms with Crippen LogP contribution in [0.1, 0.15) is 29.4 Å². The topological polar surface area (TPSA) is 83.4 Å². The smallest absolute Gasteiger partial charge is 0.324 e. The van der Waals surface area contributed by atoms with E-state index in [-0.39, 0.29) is 12.2 Å². The highest BCUT2D eigenvalue weighted by Gasteiger charge is 2.35. The fourth-order valence-corrected chi connectivity index (χ4v) is 4.80. The summed E-state index contributed by atoms with van der Waals surface area (Å²) in [6, 6.07) is 23.3. The van der Waals surface area contributed by atoms with Crippen LogP contribution in [0.5, 0.6) is 0 Å². The number of aromatic nitrogens is 1. The van der Waals surface area contributed by atoms with Gasteiger partial charge in [-0.2, -0.15) is 0 Å². The van der Waals surface area contributed by atoms with Crippen LogP contribution in [0, 0.1) is 13.8 Å². The van der Waals surface area contributed by atoms with Gasteiger partial charge in [0.05, 0.1) is 0 Å². The highest BCUT2D eigenvalue weighted by molar-refractivity contribution is 6.16. The Kier molecular flexibility index (Phi) is 6.36. The minimum absolute atomic E-state index is 0.144. The normalized spacial score (nSPS) is 14.5. The zero-order valence-corrected chi connectivity index (χ0v) is 21.0. The molecule has 0 saturated carbocycles. The summed E-state index contributed by atoms with van der Waals surface area (Å²) in [5.74, 6) is -0.959. The Morgan fingerprint density at radius 1 is 0.946 bits per heavy atom. The molecule has 37 heavy (non-hydrogen) atoms. The van der Waals surface area contributed by atoms with E-state index < -0.39 is 17.8 Å². The molecular weight excluding hydrogens is 464 g/mol. The predicted octanol–water partition coefficient (Wildman–Crippen LogP) is 5.34. The number of rotatable bonds is 6. The Labute approximate surface area is 215 Å². The molecule has 0 radical (unpaired) electrons. The van der Waals surface area contributed by atoms with Crippen molar-refractivity contribution in [2.24, 2.45) is 0 Å². The molecule has 1 aliphatic heterocycles. The number of carbonyl (C=O) groups is 3. The van der Waals surface area contributed by atoms with E-state index in [1.165, 1.54) is 0 Å². The fraction of sp³-hybridized carbons (Fsp3) is 0.167. The van der Waals surface area contributed by atoms with Crippen molar-refractivity contribution >= 4 is 40.4 Å². The summed E-state index contributed by atoms with van der Waals surface area (Å²) in [5.41, 5.74) is 5.58. The number of anilines is 1. The van der Waals surface area contributed by atoms with Crippen LogP contribution in [0.25, 0.3) is 22.5 Å². The summed E-state index contributed by atoms with van der Waals surface area (Å²) >= 11 is 0. The average molecular weight is 493 g/mol. The highest BCUT2D eigenvalue weighted by atomic mass is 16.2. The molecule has 5 rings (SSSR count). The van der Waals surface area contributed by atoms with Crippen molar-refractivity contribution in [3.63, 3.8) is 0 Å². The van der Waals surface area contributed by atoms with E-state index in [4.69, 9.17) is 0 Å². The molecule has 1 aromatic heterocycles. The molecule has 186 valence electrons. The van der Waals surface area contributed by atoms with Gasteiger partial charge in [-0.1, -0.05) is 55.5 Å². The van der Waals surface area contributed by atoms with Crippen LogP contribution >= 0.6 is 0 Å². The minimum Gasteiger partial charge on any atom is -0.324 e. The van der Waals surface area contributed by atoms with E-state index in [0.29, 0.717) is 5.69 Å². The van der Waals surface area contributed by atoms with Gasteiger partial charge in [-0.3, -0.25) is 9.59 Å². The largest absolute Gasteiger partial charge is 0.329 e. The second kappa shape index (κ2) is 9.78. The quantitative estimate of drug-likeness (QED) is 0.281. The van der Waals surface area contributed by atoms with Crippen molar-refractivity contribution < 1.29 is 14.4 Å². The Morgan fingerprint density at radius 3 is 2.46 bits per heavy atom. The molecule has 0 spiro atoms. The number of amides is 4. The number of hydrogen-bond donors (Lipinski definition) is 2. The third-order valence-electron chi connectivity index (χ3n) is 6.70. The average Bonchev–Trinajstić information content (AvgIpc) is 3.32. The number of nitrogens with zero attached hydrogens (tertiary/aromatic N) is 2. The van der Waals surface area contributed by atoms with E-state index in [1.807, 2.05) is 57.2 Å². The van der Waals surface area contributed by atoms with E-state index in [1.54, 1.807) is 12.1 Å². The molecule has 0 atom stereocenters. The van der Waals surface area contributed by atoms with E-state index in [0.717, 1.165) is 50.3 Å². The fourth-order valence-electron chi connectivity index (χ4n) is 4.80. The Bertz CT molecular complexity index is 1580. The molecule has 7 heteroatoms. The number of nitrogens with one attached hydrogen (secondary N) is 2. The molecule has 2 N–H and O–H groups in total. The first-order chi connectivity index (χ1) is 17.9. The Morgan fingerprint density at radius 2 is 1.68 bits per heavy atom. The van der Waals surface area contributed by atoms with Gasteiger partial charge in [0.1, 0.15) is 12.2 Å². The number of aryl methyl sites for hydroxylation is 2. The summed E-state index contributed by atoms with van der Waals surface area (Å²) in [5, 5.41) is 7.74. The number of benzene rings is 3. The van der Waals surface area contributed by atoms with Crippen molar-refractivity contribution in [2.75, 3.05) is 11.9 Å². The molecule has 2 heterocycles. The minimum atomic E-state index is -0.612. The Hall–Kier alpha value is -4.65. The molecule has 3 aromatic carbocycles. The summed E-state index contributed by atoms with van der Waals surface area (Å²) in [4.78, 5) is 39.2. The van der Waals surface area contributed by atoms with Crippen molar-refractivity contribution in [1.29, 1.82) is 0 Å². The molecule has 1 saturated heterocycles. The molecule has 1 fully saturated rings. The molecule has 4 aromatic rings. The van der Waals surface area contributed by atoms with Gasteiger partial charge in [0, 0.05) is 22.8 Å². The van der Waals surface area contributed by atoms with Gasteiger partial charge in [0.25, 0.3) is 5.91 Å². The lowest BCUT2D eigenvalue weighted by Gasteiger charge is -2.13. The van der Waals surface area contributed by atoms with Gasteiger partial charge in [0.15, 0.2) is 0 Å². The van der Waals surface area contributed by atoms with E-state index in [9.17, 15) is 14.4 Å². The van der Waals surface area contributed by atoms with Gasteiger partial charge in [-0.15, -0.1) is 0 Å². The molecular formula is C30H28N4O3. The van der Waals surface area contributed by atoms with E-state index in [2.05, 4.69) is 45.5 Å². The zero-order chi connectivity index (χ0) is 26.1. The predicted molar refractivity (Wildman–Crippen MR) is 145 cm³/mol. The van der Waals surface area contributed by atoms with Crippen LogP contribution in [-0.4, -0.2) is 33.9 Å². The first-order valence-corrected chi connectivity index (χ1v) is 12.3. The van der Waals surface area contributed by atoms with Gasteiger partial charge in [-0.25, -0.2) is 9.69 Å². The number of urea groups is 1. The lowest BCUT2D eigenvalue weighted by atomic mass is 10.1. The van der Waals surface area contributed by atoms with Crippen LogP contribution in [0.3, 0.4) is 0 Å². The third-order valence-corrected chi connectivity index (χ3v) is 6.70. The van der Waals surface area contributed by atoms with Crippen LogP contribution in [-0.2, 0) is 16.0 Å². The molecule has 4 amide bonds. The van der Waals surface area contributed by atoms with Crippen molar-refractivity contribution in [1.82, 2.24) is 14.8 Å². The molecule has 1 aliphatic rings. The van der Waals surface area contributed by atoms with Crippen LogP contribution in [0.15, 0.2) is 78.5 Å². The first kappa shape index (κ1) is 24.1. The van der Waals surface area contributed by atoms with Gasteiger partial charge < -0.3 is 15.2 Å². The second-order valence-corrected chi connectivity index (χ2v) is 9.13. The van der Waals surface area contributed by atoms with Crippen LogP contribution < -0.4 is 10.6 Å². The van der Waals surface area contributed by atoms with Gasteiger partial charge >= 0.3 is 6.03 Å². The number of para-hydroxylation sites is 1. The van der Waals surface area contributed by atoms with Crippen molar-refractivity contribution in [3.05, 3.63) is 101 Å². The summed E-state index contributed by atoms with van der Waals surface area (Å²) in [6.45, 7) is 5.61.